The molecule has 21 heavy (non-hydrogen) atoms. The summed E-state index contributed by atoms with van der Waals surface area (Å²) in [5.74, 6) is 1.68. The number of benzene rings is 2. The van der Waals surface area contributed by atoms with Crippen molar-refractivity contribution in [3.63, 3.8) is 0 Å². The molecule has 2 aromatic carbocycles. The number of methoxy groups -OCH3 is 1. The van der Waals surface area contributed by atoms with Crippen molar-refractivity contribution in [2.75, 3.05) is 7.11 Å². The molecule has 4 rings (SSSR count). The number of H-pyrrole nitrogens is 1. The first-order chi connectivity index (χ1) is 10.3. The maximum Gasteiger partial charge on any atom is 0.178 e. The van der Waals surface area contributed by atoms with Crippen molar-refractivity contribution in [1.29, 1.82) is 0 Å². The smallest absolute Gasteiger partial charge is 0.178 e. The second-order valence-corrected chi connectivity index (χ2v) is 4.86. The predicted octanol–water partition coefficient (Wildman–Crippen LogP) is 3.79. The average Bonchev–Trinajstić information content (AvgIpc) is 2.97. The minimum absolute atomic E-state index is 0.729. The summed E-state index contributed by atoms with van der Waals surface area (Å²) in [7, 11) is 1.69. The Bertz CT molecular complexity index is 910. The van der Waals surface area contributed by atoms with Crippen molar-refractivity contribution >= 4 is 21.9 Å². The van der Waals surface area contributed by atoms with Gasteiger partial charge < -0.3 is 9.72 Å². The third-order valence-electron chi connectivity index (χ3n) is 3.59. The van der Waals surface area contributed by atoms with E-state index in [1.807, 2.05) is 24.3 Å². The maximum absolute atomic E-state index is 5.43. The van der Waals surface area contributed by atoms with Gasteiger partial charge >= 0.3 is 0 Å². The van der Waals surface area contributed by atoms with E-state index in [1.165, 1.54) is 0 Å². The lowest BCUT2D eigenvalue weighted by molar-refractivity contribution is 0.420. The summed E-state index contributed by atoms with van der Waals surface area (Å²) in [6.45, 7) is 0. The first-order valence-corrected chi connectivity index (χ1v) is 6.73. The van der Waals surface area contributed by atoms with Crippen molar-refractivity contribution < 1.29 is 4.74 Å². The lowest BCUT2D eigenvalue weighted by Gasteiger charge is -2.06. The number of fused-ring (bicyclic) bond motifs is 2. The predicted molar refractivity (Wildman–Crippen MR) is 83.4 cm³/mol. The molecule has 2 aromatic heterocycles. The van der Waals surface area contributed by atoms with E-state index >= 15 is 0 Å². The van der Waals surface area contributed by atoms with Gasteiger partial charge in [-0.3, -0.25) is 0 Å². The molecule has 102 valence electrons. The van der Waals surface area contributed by atoms with Gasteiger partial charge in [0.1, 0.15) is 11.6 Å². The summed E-state index contributed by atoms with van der Waals surface area (Å²) in [6.07, 6.45) is 1.75. The van der Waals surface area contributed by atoms with E-state index in [0.717, 1.165) is 39.1 Å². The molecule has 0 aliphatic carbocycles. The van der Waals surface area contributed by atoms with Crippen LogP contribution < -0.4 is 4.74 Å². The topological polar surface area (TPSA) is 50.8 Å². The average molecular weight is 275 g/mol. The Hall–Kier alpha value is -2.88. The van der Waals surface area contributed by atoms with Gasteiger partial charge in [0.15, 0.2) is 5.65 Å². The molecule has 0 saturated heterocycles. The molecule has 1 N–H and O–H groups in total. The van der Waals surface area contributed by atoms with Gasteiger partial charge in [-0.15, -0.1) is 0 Å². The fourth-order valence-electron chi connectivity index (χ4n) is 2.55. The van der Waals surface area contributed by atoms with Gasteiger partial charge in [-0.25, -0.2) is 9.97 Å². The van der Waals surface area contributed by atoms with Crippen molar-refractivity contribution in [3.8, 4) is 17.1 Å². The van der Waals surface area contributed by atoms with Gasteiger partial charge in [-0.05, 0) is 29.7 Å². The normalized spacial score (nSPS) is 11.1. The third kappa shape index (κ3) is 1.92. The molecular formula is C17H13N3O. The van der Waals surface area contributed by atoms with Crippen LogP contribution in [-0.2, 0) is 0 Å². The van der Waals surface area contributed by atoms with Gasteiger partial charge in [0.2, 0.25) is 0 Å². The molecule has 0 spiro atoms. The zero-order valence-corrected chi connectivity index (χ0v) is 11.5. The summed E-state index contributed by atoms with van der Waals surface area (Å²) in [4.78, 5) is 12.1. The third-order valence-corrected chi connectivity index (χ3v) is 3.59. The van der Waals surface area contributed by atoms with E-state index < -0.39 is 0 Å². The molecule has 0 amide bonds. The molecule has 4 aromatic rings. The summed E-state index contributed by atoms with van der Waals surface area (Å²) < 4.78 is 5.43. The van der Waals surface area contributed by atoms with E-state index in [1.54, 1.807) is 13.3 Å². The van der Waals surface area contributed by atoms with Crippen LogP contribution in [0.4, 0.5) is 0 Å². The molecule has 0 radical (unpaired) electrons. The Morgan fingerprint density at radius 3 is 2.86 bits per heavy atom. The Balaban J connectivity index is 1.93. The van der Waals surface area contributed by atoms with Gasteiger partial charge in [-0.2, -0.15) is 0 Å². The standard InChI is InChI=1S/C17H13N3O/c1-21-15-6-2-4-11-7-8-12(10-13(11)15)16-19-14-5-3-9-18-17(14)20-16/h2-10H,1H3,(H,18,19,20). The van der Waals surface area contributed by atoms with Crippen LogP contribution in [0.2, 0.25) is 0 Å². The molecule has 0 saturated carbocycles. The maximum atomic E-state index is 5.43. The largest absolute Gasteiger partial charge is 0.496 e. The van der Waals surface area contributed by atoms with E-state index in [4.69, 9.17) is 4.74 Å². The Morgan fingerprint density at radius 2 is 2.00 bits per heavy atom. The fraction of sp³-hybridized carbons (Fsp3) is 0.0588. The Kier molecular flexibility index (Phi) is 2.60. The number of pyridine rings is 1. The highest BCUT2D eigenvalue weighted by atomic mass is 16.5. The van der Waals surface area contributed by atoms with Gasteiger partial charge in [-0.1, -0.05) is 24.3 Å². The highest BCUT2D eigenvalue weighted by molar-refractivity contribution is 5.92. The molecule has 0 aliphatic rings. The van der Waals surface area contributed by atoms with E-state index in [2.05, 4.69) is 39.2 Å². The second-order valence-electron chi connectivity index (χ2n) is 4.86. The van der Waals surface area contributed by atoms with Gasteiger partial charge in [0.05, 0.1) is 12.6 Å². The van der Waals surface area contributed by atoms with Crippen LogP contribution in [0.1, 0.15) is 0 Å². The van der Waals surface area contributed by atoms with Crippen molar-refractivity contribution in [2.24, 2.45) is 0 Å². The molecule has 4 nitrogen and oxygen atoms in total. The van der Waals surface area contributed by atoms with Crippen LogP contribution in [0.25, 0.3) is 33.3 Å². The van der Waals surface area contributed by atoms with E-state index in [-0.39, 0.29) is 0 Å². The summed E-state index contributed by atoms with van der Waals surface area (Å²) >= 11 is 0. The monoisotopic (exact) mass is 275 g/mol. The molecule has 0 atom stereocenters. The van der Waals surface area contributed by atoms with Crippen LogP contribution in [0, 0.1) is 0 Å². The number of hydrogen-bond donors (Lipinski definition) is 1. The fourth-order valence-corrected chi connectivity index (χ4v) is 2.55. The van der Waals surface area contributed by atoms with Crippen LogP contribution in [-0.4, -0.2) is 22.1 Å². The first-order valence-electron chi connectivity index (χ1n) is 6.73. The minimum Gasteiger partial charge on any atom is -0.496 e. The second kappa shape index (κ2) is 4.59. The molecule has 0 aliphatic heterocycles. The number of imidazole rings is 1. The van der Waals surface area contributed by atoms with Crippen LogP contribution in [0.15, 0.2) is 54.7 Å². The minimum atomic E-state index is 0.729. The number of aromatic nitrogens is 3. The van der Waals surface area contributed by atoms with Crippen molar-refractivity contribution in [3.05, 3.63) is 54.7 Å². The highest BCUT2D eigenvalue weighted by Gasteiger charge is 2.08. The molecular weight excluding hydrogens is 262 g/mol. The van der Waals surface area contributed by atoms with Gasteiger partial charge in [0, 0.05) is 17.1 Å². The number of hydrogen-bond acceptors (Lipinski definition) is 3. The quantitative estimate of drug-likeness (QED) is 0.605. The van der Waals surface area contributed by atoms with Crippen LogP contribution in [0.5, 0.6) is 5.75 Å². The van der Waals surface area contributed by atoms with Crippen molar-refractivity contribution in [2.45, 2.75) is 0 Å². The Labute approximate surface area is 121 Å². The summed E-state index contributed by atoms with van der Waals surface area (Å²) in [5, 5.41) is 2.22. The molecule has 0 unspecified atom stereocenters. The number of ether oxygens (including phenoxy) is 1. The summed E-state index contributed by atoms with van der Waals surface area (Å²) in [6, 6.07) is 16.1. The van der Waals surface area contributed by atoms with Crippen LogP contribution in [0.3, 0.4) is 0 Å². The molecule has 4 heteroatoms. The number of nitrogens with zero attached hydrogens (tertiary/aromatic N) is 2. The molecule has 2 heterocycles. The highest BCUT2D eigenvalue weighted by Crippen LogP contribution is 2.29. The zero-order valence-electron chi connectivity index (χ0n) is 11.5. The van der Waals surface area contributed by atoms with E-state index in [0.29, 0.717) is 0 Å². The lowest BCUT2D eigenvalue weighted by Crippen LogP contribution is -1.86. The number of rotatable bonds is 2. The number of aromatic amines is 1. The first kappa shape index (κ1) is 11.9. The van der Waals surface area contributed by atoms with E-state index in [9.17, 15) is 0 Å². The van der Waals surface area contributed by atoms with Crippen LogP contribution >= 0.6 is 0 Å². The lowest BCUT2D eigenvalue weighted by atomic mass is 10.1. The van der Waals surface area contributed by atoms with Crippen molar-refractivity contribution in [1.82, 2.24) is 15.0 Å². The molecule has 0 fully saturated rings. The summed E-state index contributed by atoms with van der Waals surface area (Å²) in [5.41, 5.74) is 2.69. The number of nitrogens with one attached hydrogen (secondary N) is 1. The zero-order chi connectivity index (χ0) is 14.2. The van der Waals surface area contributed by atoms with Gasteiger partial charge in [0.25, 0.3) is 0 Å². The Morgan fingerprint density at radius 1 is 1.05 bits per heavy atom. The SMILES string of the molecule is COc1cccc2ccc(-c3nc4ncccc4[nH]3)cc12. The molecule has 0 bridgehead atoms.